The number of benzene rings is 1. The third-order valence-corrected chi connectivity index (χ3v) is 5.75. The van der Waals surface area contributed by atoms with Crippen LogP contribution < -0.4 is 5.73 Å². The molecule has 0 saturated carbocycles. The standard InChI is InChI=1S/C21H28N4/c22-21-13-18(8-10-23-21)14-24-12-9-20-19(16-24)7-4-11-25(20)15-17-5-2-1-3-6-17/h1-3,5-6,8,10,13,19-20H,4,7,9,11-12,14-16H2,(H2,22,23)/t19-,20-/m0/s1. The van der Waals surface area contributed by atoms with Crippen molar-refractivity contribution in [3.8, 4) is 0 Å². The van der Waals surface area contributed by atoms with E-state index in [-0.39, 0.29) is 0 Å². The number of anilines is 1. The molecule has 25 heavy (non-hydrogen) atoms. The van der Waals surface area contributed by atoms with E-state index in [4.69, 9.17) is 5.73 Å². The molecular weight excluding hydrogens is 308 g/mol. The van der Waals surface area contributed by atoms with Crippen molar-refractivity contribution in [2.45, 2.75) is 38.4 Å². The van der Waals surface area contributed by atoms with Gasteiger partial charge in [-0.1, -0.05) is 30.3 Å². The molecule has 4 rings (SSSR count). The molecule has 4 nitrogen and oxygen atoms in total. The molecule has 2 aliphatic heterocycles. The fourth-order valence-electron chi connectivity index (χ4n) is 4.59. The van der Waals surface area contributed by atoms with Gasteiger partial charge in [-0.3, -0.25) is 9.80 Å². The van der Waals surface area contributed by atoms with Gasteiger partial charge in [0.2, 0.25) is 0 Å². The first-order valence-electron chi connectivity index (χ1n) is 9.49. The fraction of sp³-hybridized carbons (Fsp3) is 0.476. The normalized spacial score (nSPS) is 24.8. The van der Waals surface area contributed by atoms with Crippen molar-refractivity contribution < 1.29 is 0 Å². The van der Waals surface area contributed by atoms with Crippen molar-refractivity contribution in [3.63, 3.8) is 0 Å². The summed E-state index contributed by atoms with van der Waals surface area (Å²) in [6.07, 6.45) is 5.78. The Kier molecular flexibility index (Phi) is 4.99. The average Bonchev–Trinajstić information content (AvgIpc) is 2.63. The third kappa shape index (κ3) is 4.02. The summed E-state index contributed by atoms with van der Waals surface area (Å²) < 4.78 is 0. The molecule has 132 valence electrons. The van der Waals surface area contributed by atoms with Crippen molar-refractivity contribution in [2.24, 2.45) is 5.92 Å². The predicted molar refractivity (Wildman–Crippen MR) is 102 cm³/mol. The maximum absolute atomic E-state index is 5.83. The zero-order valence-corrected chi connectivity index (χ0v) is 14.8. The lowest BCUT2D eigenvalue weighted by Crippen LogP contribution is -2.53. The number of piperidine rings is 2. The lowest BCUT2D eigenvalue weighted by molar-refractivity contribution is 0.0156. The number of nitrogens with zero attached hydrogens (tertiary/aromatic N) is 3. The van der Waals surface area contributed by atoms with Gasteiger partial charge in [0.05, 0.1) is 0 Å². The number of aromatic nitrogens is 1. The maximum atomic E-state index is 5.83. The van der Waals surface area contributed by atoms with Crippen LogP contribution in [0.4, 0.5) is 5.82 Å². The molecule has 2 saturated heterocycles. The highest BCUT2D eigenvalue weighted by atomic mass is 15.2. The molecule has 0 unspecified atom stereocenters. The van der Waals surface area contributed by atoms with Crippen molar-refractivity contribution in [1.29, 1.82) is 0 Å². The summed E-state index contributed by atoms with van der Waals surface area (Å²) in [6, 6.07) is 15.8. The SMILES string of the molecule is Nc1cc(CN2CC[C@H]3[C@@H](CCCN3Cc3ccccc3)C2)ccn1. The second kappa shape index (κ2) is 7.54. The first kappa shape index (κ1) is 16.6. The van der Waals surface area contributed by atoms with Gasteiger partial charge in [-0.2, -0.15) is 0 Å². The van der Waals surface area contributed by atoms with E-state index in [2.05, 4.69) is 51.2 Å². The molecule has 0 spiro atoms. The van der Waals surface area contributed by atoms with Gasteiger partial charge < -0.3 is 5.73 Å². The summed E-state index contributed by atoms with van der Waals surface area (Å²) in [5, 5.41) is 0. The minimum absolute atomic E-state index is 0.624. The second-order valence-corrected chi connectivity index (χ2v) is 7.54. The molecule has 2 aliphatic rings. The highest BCUT2D eigenvalue weighted by molar-refractivity contribution is 5.31. The average molecular weight is 336 g/mol. The van der Waals surface area contributed by atoms with Crippen LogP contribution in [0.15, 0.2) is 48.7 Å². The second-order valence-electron chi connectivity index (χ2n) is 7.54. The first-order chi connectivity index (χ1) is 12.3. The van der Waals surface area contributed by atoms with Crippen LogP contribution in [-0.4, -0.2) is 40.5 Å². The van der Waals surface area contributed by atoms with Gasteiger partial charge in [0.25, 0.3) is 0 Å². The number of nitrogens with two attached hydrogens (primary N) is 1. The summed E-state index contributed by atoms with van der Waals surface area (Å²) in [7, 11) is 0. The maximum Gasteiger partial charge on any atom is 0.123 e. The lowest BCUT2D eigenvalue weighted by Gasteiger charge is -2.47. The van der Waals surface area contributed by atoms with Gasteiger partial charge in [0, 0.05) is 31.9 Å². The molecule has 2 N–H and O–H groups in total. The number of hydrogen-bond donors (Lipinski definition) is 1. The van der Waals surface area contributed by atoms with Crippen molar-refractivity contribution in [1.82, 2.24) is 14.8 Å². The van der Waals surface area contributed by atoms with E-state index >= 15 is 0 Å². The first-order valence-corrected chi connectivity index (χ1v) is 9.49. The molecule has 2 aromatic rings. The zero-order valence-electron chi connectivity index (χ0n) is 14.8. The van der Waals surface area contributed by atoms with Crippen molar-refractivity contribution in [2.75, 3.05) is 25.4 Å². The Morgan fingerprint density at radius 3 is 2.72 bits per heavy atom. The summed E-state index contributed by atoms with van der Waals surface area (Å²) in [5.74, 6) is 1.42. The van der Waals surface area contributed by atoms with Crippen LogP contribution in [0.25, 0.3) is 0 Å². The molecule has 0 radical (unpaired) electrons. The van der Waals surface area contributed by atoms with Crippen LogP contribution in [0.2, 0.25) is 0 Å². The molecule has 0 aliphatic carbocycles. The molecule has 2 atom stereocenters. The largest absolute Gasteiger partial charge is 0.384 e. The summed E-state index contributed by atoms with van der Waals surface area (Å²) in [5.41, 5.74) is 8.55. The minimum atomic E-state index is 0.624. The molecule has 3 heterocycles. The number of fused-ring (bicyclic) bond motifs is 1. The molecule has 0 amide bonds. The Hall–Kier alpha value is -1.91. The Labute approximate surface area is 150 Å². The van der Waals surface area contributed by atoms with E-state index in [0.29, 0.717) is 5.82 Å². The molecule has 1 aromatic heterocycles. The number of hydrogen-bond acceptors (Lipinski definition) is 4. The molecule has 0 bridgehead atoms. The van der Waals surface area contributed by atoms with Crippen LogP contribution in [0.5, 0.6) is 0 Å². The van der Waals surface area contributed by atoms with Crippen molar-refractivity contribution >= 4 is 5.82 Å². The topological polar surface area (TPSA) is 45.4 Å². The smallest absolute Gasteiger partial charge is 0.123 e. The third-order valence-electron chi connectivity index (χ3n) is 5.75. The summed E-state index contributed by atoms with van der Waals surface area (Å²) in [6.45, 7) is 5.72. The number of rotatable bonds is 4. The van der Waals surface area contributed by atoms with Crippen LogP contribution in [0.3, 0.4) is 0 Å². The van der Waals surface area contributed by atoms with Gasteiger partial charge in [-0.15, -0.1) is 0 Å². The lowest BCUT2D eigenvalue weighted by atomic mass is 9.83. The van der Waals surface area contributed by atoms with E-state index < -0.39 is 0 Å². The number of likely N-dealkylation sites (tertiary alicyclic amines) is 2. The summed E-state index contributed by atoms with van der Waals surface area (Å²) >= 11 is 0. The Balaban J connectivity index is 1.38. The van der Waals surface area contributed by atoms with E-state index in [1.165, 1.54) is 50.0 Å². The summed E-state index contributed by atoms with van der Waals surface area (Å²) in [4.78, 5) is 9.43. The van der Waals surface area contributed by atoms with Gasteiger partial charge in [0.1, 0.15) is 5.82 Å². The van der Waals surface area contributed by atoms with Gasteiger partial charge in [-0.25, -0.2) is 4.98 Å². The zero-order chi connectivity index (χ0) is 17.1. The highest BCUT2D eigenvalue weighted by Gasteiger charge is 2.35. The monoisotopic (exact) mass is 336 g/mol. The van der Waals surface area contributed by atoms with Gasteiger partial charge >= 0.3 is 0 Å². The molecule has 4 heteroatoms. The fourth-order valence-corrected chi connectivity index (χ4v) is 4.59. The molecular formula is C21H28N4. The number of pyridine rings is 1. The van der Waals surface area contributed by atoms with E-state index in [9.17, 15) is 0 Å². The highest BCUT2D eigenvalue weighted by Crippen LogP contribution is 2.32. The van der Waals surface area contributed by atoms with E-state index in [1.54, 1.807) is 0 Å². The Morgan fingerprint density at radius 2 is 1.88 bits per heavy atom. The quantitative estimate of drug-likeness (QED) is 0.932. The van der Waals surface area contributed by atoms with Gasteiger partial charge in [-0.05, 0) is 61.5 Å². The van der Waals surface area contributed by atoms with Crippen LogP contribution >= 0.6 is 0 Å². The Bertz CT molecular complexity index is 687. The molecule has 2 fully saturated rings. The van der Waals surface area contributed by atoms with E-state index in [1.807, 2.05) is 12.3 Å². The Morgan fingerprint density at radius 1 is 1.00 bits per heavy atom. The minimum Gasteiger partial charge on any atom is -0.384 e. The van der Waals surface area contributed by atoms with Crippen LogP contribution in [-0.2, 0) is 13.1 Å². The molecule has 1 aromatic carbocycles. The van der Waals surface area contributed by atoms with Crippen LogP contribution in [0.1, 0.15) is 30.4 Å². The van der Waals surface area contributed by atoms with Gasteiger partial charge in [0.15, 0.2) is 0 Å². The van der Waals surface area contributed by atoms with Crippen molar-refractivity contribution in [3.05, 3.63) is 59.8 Å². The van der Waals surface area contributed by atoms with E-state index in [0.717, 1.165) is 25.0 Å². The number of nitrogen functional groups attached to an aromatic ring is 1. The predicted octanol–water partition coefficient (Wildman–Crippen LogP) is 3.15. The van der Waals surface area contributed by atoms with Crippen LogP contribution in [0, 0.1) is 5.92 Å².